The van der Waals surface area contributed by atoms with Gasteiger partial charge in [0.2, 0.25) is 7.44 Å². The predicted molar refractivity (Wildman–Crippen MR) is 140 cm³/mol. The van der Waals surface area contributed by atoms with Crippen LogP contribution < -0.4 is 15.9 Å². The lowest BCUT2D eigenvalue weighted by molar-refractivity contribution is -0.148. The summed E-state index contributed by atoms with van der Waals surface area (Å²) in [7, 11) is -3.42. The van der Waals surface area contributed by atoms with E-state index in [-0.39, 0.29) is 43.3 Å². The number of nitrogens with one attached hydrogen (secondary N) is 2. The largest absolute Gasteiger partial charge is 0.463 e. The van der Waals surface area contributed by atoms with Crippen molar-refractivity contribution in [3.63, 3.8) is 0 Å². The van der Waals surface area contributed by atoms with Gasteiger partial charge in [-0.05, 0) is 48.5 Å². The molecule has 0 aliphatic carbocycles. The summed E-state index contributed by atoms with van der Waals surface area (Å²) >= 11 is 0. The Hall–Kier alpha value is -2.60. The lowest BCUT2D eigenvalue weighted by Crippen LogP contribution is -2.38. The number of nitrogens with zero attached hydrogens (tertiary/aromatic N) is 4. The molecule has 0 spiro atoms. The number of fused-ring (bicyclic) bond motifs is 1. The molecule has 208 valence electrons. The van der Waals surface area contributed by atoms with Gasteiger partial charge in [-0.3, -0.25) is 14.2 Å². The fraction of sp³-hybridized carbons (Fsp3) is 0.696. The second-order valence-corrected chi connectivity index (χ2v) is 12.0. The standard InChI is InChI=1S/C23H40N7O6P/c1-14(2)35-19(31)8-16(5)28-37(33,29-17(6)9-20(32)36-15(3)4)13-34-18(7)10-30-12-27-21-22(24)25-11-26-23(21)30/h11-12,14-18H,8-10,13H2,1-7H3,(H2,24,25,26)(H2,28,29,33)/t16-,17-,18+/m0/s1. The third-order valence-electron chi connectivity index (χ3n) is 4.96. The molecule has 37 heavy (non-hydrogen) atoms. The Balaban J connectivity index is 2.07. The van der Waals surface area contributed by atoms with Crippen molar-refractivity contribution in [1.82, 2.24) is 29.7 Å². The highest BCUT2D eigenvalue weighted by molar-refractivity contribution is 7.59. The number of imidazole rings is 1. The van der Waals surface area contributed by atoms with E-state index in [0.717, 1.165) is 0 Å². The zero-order chi connectivity index (χ0) is 27.8. The smallest absolute Gasteiger partial charge is 0.307 e. The number of hydrogen-bond acceptors (Lipinski definition) is 10. The van der Waals surface area contributed by atoms with Crippen LogP contribution in [-0.4, -0.2) is 68.2 Å². The van der Waals surface area contributed by atoms with E-state index in [2.05, 4.69) is 25.1 Å². The first kappa shape index (κ1) is 30.6. The second kappa shape index (κ2) is 13.8. The summed E-state index contributed by atoms with van der Waals surface area (Å²) in [6.07, 6.45) is 1.92. The third-order valence-corrected chi connectivity index (χ3v) is 7.19. The monoisotopic (exact) mass is 541 g/mol. The van der Waals surface area contributed by atoms with Crippen LogP contribution in [0, 0.1) is 0 Å². The molecule has 0 bridgehead atoms. The van der Waals surface area contributed by atoms with Crippen LogP contribution in [0.1, 0.15) is 61.3 Å². The van der Waals surface area contributed by atoms with Gasteiger partial charge in [0.25, 0.3) is 0 Å². The summed E-state index contributed by atoms with van der Waals surface area (Å²) < 4.78 is 32.0. The maximum Gasteiger partial charge on any atom is 0.307 e. The van der Waals surface area contributed by atoms with Crippen LogP contribution in [0.15, 0.2) is 12.7 Å². The number of rotatable bonds is 15. The molecule has 4 N–H and O–H groups in total. The Morgan fingerprint density at radius 3 is 2.00 bits per heavy atom. The molecule has 13 nitrogen and oxygen atoms in total. The minimum Gasteiger partial charge on any atom is -0.463 e. The van der Waals surface area contributed by atoms with Gasteiger partial charge in [-0.2, -0.15) is 0 Å². The zero-order valence-corrected chi connectivity index (χ0v) is 23.5. The molecule has 3 atom stereocenters. The molecule has 0 saturated carbocycles. The van der Waals surface area contributed by atoms with Crippen LogP contribution >= 0.6 is 7.44 Å². The lowest BCUT2D eigenvalue weighted by atomic mass is 10.2. The average Bonchev–Trinajstić information content (AvgIpc) is 3.14. The molecule has 0 radical (unpaired) electrons. The molecule has 0 aliphatic rings. The summed E-state index contributed by atoms with van der Waals surface area (Å²) in [6.45, 7) is 12.7. The summed E-state index contributed by atoms with van der Waals surface area (Å²) in [5, 5.41) is 6.01. The number of nitrogens with two attached hydrogens (primary N) is 1. The van der Waals surface area contributed by atoms with Crippen LogP contribution in [0.25, 0.3) is 11.2 Å². The average molecular weight is 542 g/mol. The summed E-state index contributed by atoms with van der Waals surface area (Å²) in [5.74, 6) is -0.527. The van der Waals surface area contributed by atoms with Crippen molar-refractivity contribution < 1.29 is 28.4 Å². The van der Waals surface area contributed by atoms with Gasteiger partial charge in [-0.25, -0.2) is 25.1 Å². The van der Waals surface area contributed by atoms with E-state index >= 15 is 0 Å². The SMILES string of the molecule is CC(C)OC(=O)C[C@H](C)NP(=O)(CO[C@H](C)Cn1cnc2c(N)ncnc21)N[C@@H](C)CC(=O)OC(C)C. The van der Waals surface area contributed by atoms with Gasteiger partial charge >= 0.3 is 11.9 Å². The predicted octanol–water partition coefficient (Wildman–Crippen LogP) is 2.60. The van der Waals surface area contributed by atoms with Crippen molar-refractivity contribution in [3.8, 4) is 0 Å². The maximum absolute atomic E-state index is 13.9. The first-order valence-electron chi connectivity index (χ1n) is 12.3. The van der Waals surface area contributed by atoms with Crippen LogP contribution in [-0.2, 0) is 34.9 Å². The van der Waals surface area contributed by atoms with E-state index in [1.807, 2.05) is 6.92 Å². The number of carbonyl (C=O) groups is 2. The first-order valence-corrected chi connectivity index (χ1v) is 14.2. The molecule has 0 saturated heterocycles. The van der Waals surface area contributed by atoms with Crippen molar-refractivity contribution in [1.29, 1.82) is 0 Å². The fourth-order valence-corrected chi connectivity index (χ4v) is 5.93. The van der Waals surface area contributed by atoms with Crippen molar-refractivity contribution >= 4 is 36.4 Å². The van der Waals surface area contributed by atoms with Gasteiger partial charge < -0.3 is 24.5 Å². The molecular formula is C23H40N7O6P. The summed E-state index contributed by atoms with van der Waals surface area (Å²) in [5.41, 5.74) is 6.91. The highest BCUT2D eigenvalue weighted by Gasteiger charge is 2.29. The van der Waals surface area contributed by atoms with Gasteiger partial charge in [0.15, 0.2) is 11.5 Å². The topological polar surface area (TPSA) is 173 Å². The fourth-order valence-electron chi connectivity index (χ4n) is 3.63. The Kier molecular flexibility index (Phi) is 11.4. The molecule has 0 fully saturated rings. The van der Waals surface area contributed by atoms with E-state index in [1.165, 1.54) is 6.33 Å². The van der Waals surface area contributed by atoms with Crippen LogP contribution in [0.3, 0.4) is 0 Å². The zero-order valence-electron chi connectivity index (χ0n) is 22.6. The number of hydrogen-bond donors (Lipinski definition) is 3. The van der Waals surface area contributed by atoms with Gasteiger partial charge in [0, 0.05) is 12.1 Å². The van der Waals surface area contributed by atoms with Crippen molar-refractivity contribution in [3.05, 3.63) is 12.7 Å². The van der Waals surface area contributed by atoms with E-state index in [1.54, 1.807) is 52.4 Å². The molecule has 2 aromatic heterocycles. The third kappa shape index (κ3) is 10.4. The quantitative estimate of drug-likeness (QED) is 0.222. The van der Waals surface area contributed by atoms with Crippen molar-refractivity contribution in [2.24, 2.45) is 0 Å². The van der Waals surface area contributed by atoms with Crippen LogP contribution in [0.4, 0.5) is 5.82 Å². The van der Waals surface area contributed by atoms with Gasteiger partial charge in [0.05, 0.1) is 44.0 Å². The molecule has 2 heterocycles. The van der Waals surface area contributed by atoms with Crippen molar-refractivity contribution in [2.75, 3.05) is 12.1 Å². The first-order chi connectivity index (χ1) is 17.3. The number of nitrogen functional groups attached to an aromatic ring is 1. The molecule has 0 amide bonds. The minimum atomic E-state index is -3.42. The summed E-state index contributed by atoms with van der Waals surface area (Å²) in [6, 6.07) is -0.953. The molecule has 2 rings (SSSR count). The minimum absolute atomic E-state index is 0.0192. The summed E-state index contributed by atoms with van der Waals surface area (Å²) in [4.78, 5) is 36.6. The van der Waals surface area contributed by atoms with E-state index in [9.17, 15) is 14.2 Å². The highest BCUT2D eigenvalue weighted by Crippen LogP contribution is 2.38. The van der Waals surface area contributed by atoms with Crippen LogP contribution in [0.5, 0.6) is 0 Å². The van der Waals surface area contributed by atoms with E-state index in [4.69, 9.17) is 19.9 Å². The molecule has 0 unspecified atom stereocenters. The number of esters is 2. The Morgan fingerprint density at radius 1 is 0.946 bits per heavy atom. The van der Waals surface area contributed by atoms with E-state index in [0.29, 0.717) is 17.7 Å². The molecule has 2 aromatic rings. The molecule has 0 aliphatic heterocycles. The Morgan fingerprint density at radius 2 is 1.49 bits per heavy atom. The number of ether oxygens (including phenoxy) is 3. The highest BCUT2D eigenvalue weighted by atomic mass is 31.2. The lowest BCUT2D eigenvalue weighted by Gasteiger charge is -2.28. The van der Waals surface area contributed by atoms with Crippen molar-refractivity contribution in [2.45, 2.75) is 98.2 Å². The molecule has 0 aromatic carbocycles. The van der Waals surface area contributed by atoms with E-state index < -0.39 is 31.5 Å². The van der Waals surface area contributed by atoms with Crippen LogP contribution in [0.2, 0.25) is 0 Å². The molecular weight excluding hydrogens is 501 g/mol. The normalized spacial score (nSPS) is 14.6. The number of carbonyl (C=O) groups excluding carboxylic acids is 2. The van der Waals surface area contributed by atoms with Gasteiger partial charge in [-0.1, -0.05) is 0 Å². The maximum atomic E-state index is 13.9. The molecule has 14 heteroatoms. The second-order valence-electron chi connectivity index (χ2n) is 9.72. The number of aromatic nitrogens is 4. The van der Waals surface area contributed by atoms with Gasteiger partial charge in [0.1, 0.15) is 18.2 Å². The number of anilines is 1. The Labute approximate surface area is 217 Å². The van der Waals surface area contributed by atoms with Gasteiger partial charge in [-0.15, -0.1) is 0 Å². The Bertz CT molecular complexity index is 1060.